The molecule has 0 bridgehead atoms. The van der Waals surface area contributed by atoms with Crippen molar-refractivity contribution in [2.24, 2.45) is 29.6 Å². The van der Waals surface area contributed by atoms with Gasteiger partial charge in [0.25, 0.3) is 0 Å². The zero-order chi connectivity index (χ0) is 21.8. The molecular weight excluding hydrogens is 386 g/mol. The molecule has 2 saturated carbocycles. The van der Waals surface area contributed by atoms with Gasteiger partial charge in [0, 0.05) is 5.92 Å². The molecule has 0 aliphatic heterocycles. The van der Waals surface area contributed by atoms with Crippen molar-refractivity contribution in [2.45, 2.75) is 89.9 Å². The third-order valence-corrected chi connectivity index (χ3v) is 8.76. The molecule has 170 valence electrons. The summed E-state index contributed by atoms with van der Waals surface area (Å²) in [5.41, 5.74) is 0.993. The maximum Gasteiger partial charge on any atom is 0.162 e. The maximum atomic E-state index is 14.7. The van der Waals surface area contributed by atoms with Crippen LogP contribution in [0.2, 0.25) is 0 Å². The zero-order valence-electron chi connectivity index (χ0n) is 19.3. The van der Waals surface area contributed by atoms with Crippen molar-refractivity contribution in [3.8, 4) is 0 Å². The normalized spacial score (nSPS) is 33.9. The predicted octanol–water partition coefficient (Wildman–Crippen LogP) is 8.77. The second-order valence-corrected chi connectivity index (χ2v) is 10.7. The topological polar surface area (TPSA) is 0 Å². The van der Waals surface area contributed by atoms with Gasteiger partial charge in [-0.25, -0.2) is 8.78 Å². The minimum atomic E-state index is -0.662. The van der Waals surface area contributed by atoms with E-state index in [0.717, 1.165) is 36.5 Å². The van der Waals surface area contributed by atoms with Crippen molar-refractivity contribution in [1.82, 2.24) is 0 Å². The van der Waals surface area contributed by atoms with Gasteiger partial charge in [-0.3, -0.25) is 0 Å². The SMILES string of the molecule is C=CCCc1ccc(C2C=CC(C3CCC(C4CCC(C)CC4)CC3)CC2)c(F)c1F. The summed E-state index contributed by atoms with van der Waals surface area (Å²) >= 11 is 0. The predicted molar refractivity (Wildman–Crippen MR) is 126 cm³/mol. The average Bonchev–Trinajstić information content (AvgIpc) is 2.81. The number of hydrogen-bond donors (Lipinski definition) is 0. The Labute approximate surface area is 188 Å². The van der Waals surface area contributed by atoms with Crippen LogP contribution in [0.4, 0.5) is 8.78 Å². The number of halogens is 2. The Morgan fingerprint density at radius 2 is 1.45 bits per heavy atom. The molecule has 2 atom stereocenters. The summed E-state index contributed by atoms with van der Waals surface area (Å²) in [5, 5.41) is 0. The quantitative estimate of drug-likeness (QED) is 0.399. The smallest absolute Gasteiger partial charge is 0.162 e. The molecule has 0 aromatic heterocycles. The summed E-state index contributed by atoms with van der Waals surface area (Å²) < 4.78 is 29.2. The van der Waals surface area contributed by atoms with Crippen molar-refractivity contribution in [2.75, 3.05) is 0 Å². The molecular formula is C29H40F2. The van der Waals surface area contributed by atoms with E-state index < -0.39 is 11.6 Å². The number of hydrogen-bond acceptors (Lipinski definition) is 0. The van der Waals surface area contributed by atoms with Crippen LogP contribution in [0.3, 0.4) is 0 Å². The molecule has 1 aromatic carbocycles. The van der Waals surface area contributed by atoms with E-state index in [-0.39, 0.29) is 5.92 Å². The highest BCUT2D eigenvalue weighted by molar-refractivity contribution is 5.32. The van der Waals surface area contributed by atoms with Crippen LogP contribution in [0.1, 0.15) is 94.6 Å². The summed E-state index contributed by atoms with van der Waals surface area (Å²) in [6.07, 6.45) is 20.8. The molecule has 0 spiro atoms. The minimum Gasteiger partial charge on any atom is -0.203 e. The fourth-order valence-corrected chi connectivity index (χ4v) is 6.64. The number of benzene rings is 1. The van der Waals surface area contributed by atoms with E-state index in [1.807, 2.05) is 6.07 Å². The molecule has 0 nitrogen and oxygen atoms in total. The molecule has 0 amide bonds. The first-order chi connectivity index (χ1) is 15.1. The van der Waals surface area contributed by atoms with E-state index in [9.17, 15) is 8.78 Å². The summed E-state index contributed by atoms with van der Waals surface area (Å²) in [4.78, 5) is 0. The summed E-state index contributed by atoms with van der Waals surface area (Å²) in [6.45, 7) is 6.08. The Balaban J connectivity index is 1.32. The van der Waals surface area contributed by atoms with Crippen LogP contribution in [-0.4, -0.2) is 0 Å². The minimum absolute atomic E-state index is 0.0137. The highest BCUT2D eigenvalue weighted by atomic mass is 19.2. The molecule has 3 aliphatic carbocycles. The van der Waals surface area contributed by atoms with Gasteiger partial charge >= 0.3 is 0 Å². The van der Waals surface area contributed by atoms with Crippen LogP contribution in [0.25, 0.3) is 0 Å². The highest BCUT2D eigenvalue weighted by Gasteiger charge is 2.33. The fourth-order valence-electron chi connectivity index (χ4n) is 6.64. The third-order valence-electron chi connectivity index (χ3n) is 8.76. The van der Waals surface area contributed by atoms with Gasteiger partial charge in [-0.2, -0.15) is 0 Å². The van der Waals surface area contributed by atoms with Crippen molar-refractivity contribution < 1.29 is 8.78 Å². The van der Waals surface area contributed by atoms with Crippen molar-refractivity contribution in [3.05, 3.63) is 59.7 Å². The van der Waals surface area contributed by atoms with Gasteiger partial charge in [-0.05, 0) is 105 Å². The van der Waals surface area contributed by atoms with Crippen LogP contribution in [0.5, 0.6) is 0 Å². The van der Waals surface area contributed by atoms with Crippen LogP contribution in [0.15, 0.2) is 36.9 Å². The Bertz CT molecular complexity index is 763. The van der Waals surface area contributed by atoms with Gasteiger partial charge < -0.3 is 0 Å². The molecule has 0 saturated heterocycles. The molecule has 0 N–H and O–H groups in total. The van der Waals surface area contributed by atoms with E-state index in [1.165, 1.54) is 51.4 Å². The number of aryl methyl sites for hydroxylation is 1. The average molecular weight is 427 g/mol. The second-order valence-electron chi connectivity index (χ2n) is 10.7. The zero-order valence-corrected chi connectivity index (χ0v) is 19.3. The van der Waals surface area contributed by atoms with Crippen molar-refractivity contribution >= 4 is 0 Å². The van der Waals surface area contributed by atoms with Crippen molar-refractivity contribution in [1.29, 1.82) is 0 Å². The fraction of sp³-hybridized carbons (Fsp3) is 0.655. The molecule has 3 aliphatic rings. The number of allylic oxidation sites excluding steroid dienone is 3. The molecule has 0 radical (unpaired) electrons. The maximum absolute atomic E-state index is 14.7. The molecule has 0 heterocycles. The van der Waals surface area contributed by atoms with E-state index in [2.05, 4.69) is 25.7 Å². The Hall–Kier alpha value is -1.44. The first-order valence-electron chi connectivity index (χ1n) is 12.8. The Kier molecular flexibility index (Phi) is 7.67. The standard InChI is InChI=1S/C29H40F2/c1-3-4-5-26-18-19-27(29(31)28(26)30)25-16-14-24(15-17-25)23-12-10-22(11-13-23)21-8-6-20(2)7-9-21/h3,14,16,18-25H,1,4-13,15,17H2,2H3. The van der Waals surface area contributed by atoms with Gasteiger partial charge in [-0.1, -0.05) is 50.1 Å². The van der Waals surface area contributed by atoms with Gasteiger partial charge in [0.15, 0.2) is 11.6 Å². The van der Waals surface area contributed by atoms with Crippen LogP contribution in [-0.2, 0) is 6.42 Å². The van der Waals surface area contributed by atoms with Gasteiger partial charge in [0.2, 0.25) is 0 Å². The summed E-state index contributed by atoms with van der Waals surface area (Å²) in [7, 11) is 0. The molecule has 2 heteroatoms. The van der Waals surface area contributed by atoms with E-state index in [4.69, 9.17) is 0 Å². The van der Waals surface area contributed by atoms with Crippen LogP contribution < -0.4 is 0 Å². The van der Waals surface area contributed by atoms with Gasteiger partial charge in [-0.15, -0.1) is 6.58 Å². The lowest BCUT2D eigenvalue weighted by Crippen LogP contribution is -2.28. The first-order valence-corrected chi connectivity index (χ1v) is 12.8. The molecule has 2 unspecified atom stereocenters. The summed E-state index contributed by atoms with van der Waals surface area (Å²) in [6, 6.07) is 3.58. The van der Waals surface area contributed by atoms with E-state index >= 15 is 0 Å². The monoisotopic (exact) mass is 426 g/mol. The molecule has 2 fully saturated rings. The van der Waals surface area contributed by atoms with Crippen molar-refractivity contribution in [3.63, 3.8) is 0 Å². The Morgan fingerprint density at radius 1 is 0.806 bits per heavy atom. The lowest BCUT2D eigenvalue weighted by Gasteiger charge is -2.39. The summed E-state index contributed by atoms with van der Waals surface area (Å²) in [5.74, 6) is 3.01. The van der Waals surface area contributed by atoms with Gasteiger partial charge in [0.1, 0.15) is 0 Å². The van der Waals surface area contributed by atoms with E-state index in [0.29, 0.717) is 29.9 Å². The van der Waals surface area contributed by atoms with Crippen LogP contribution in [0, 0.1) is 41.2 Å². The molecule has 4 rings (SSSR count). The second kappa shape index (κ2) is 10.5. The third kappa shape index (κ3) is 5.32. The largest absolute Gasteiger partial charge is 0.203 e. The lowest BCUT2D eigenvalue weighted by atomic mass is 9.66. The Morgan fingerprint density at radius 3 is 2.06 bits per heavy atom. The molecule has 31 heavy (non-hydrogen) atoms. The van der Waals surface area contributed by atoms with E-state index in [1.54, 1.807) is 12.1 Å². The molecule has 1 aromatic rings. The lowest BCUT2D eigenvalue weighted by molar-refractivity contribution is 0.133. The van der Waals surface area contributed by atoms with Gasteiger partial charge in [0.05, 0.1) is 0 Å². The van der Waals surface area contributed by atoms with Crippen LogP contribution >= 0.6 is 0 Å². The highest BCUT2D eigenvalue weighted by Crippen LogP contribution is 2.45. The number of rotatable bonds is 6. The first kappa shape index (κ1) is 22.7.